The maximum atomic E-state index is 13.4. The number of hydrogen-bond donors (Lipinski definition) is 0. The predicted molar refractivity (Wildman–Crippen MR) is 126 cm³/mol. The van der Waals surface area contributed by atoms with E-state index in [0.717, 1.165) is 24.4 Å². The number of rotatable bonds is 6. The molecule has 0 N–H and O–H groups in total. The average Bonchev–Trinajstić information content (AvgIpc) is 3.03. The Kier molecular flexibility index (Phi) is 6.21. The first kappa shape index (κ1) is 21.9. The molecule has 1 saturated heterocycles. The van der Waals surface area contributed by atoms with Crippen LogP contribution in [0.15, 0.2) is 54.2 Å². The molecule has 168 valence electrons. The van der Waals surface area contributed by atoms with Crippen molar-refractivity contribution < 1.29 is 14.3 Å². The summed E-state index contributed by atoms with van der Waals surface area (Å²) in [6.07, 6.45) is 0. The van der Waals surface area contributed by atoms with Gasteiger partial charge >= 0.3 is 0 Å². The lowest BCUT2D eigenvalue weighted by Gasteiger charge is -2.38. The number of anilines is 1. The number of benzene rings is 2. The van der Waals surface area contributed by atoms with Gasteiger partial charge < -0.3 is 14.5 Å². The monoisotopic (exact) mass is 433 g/mol. The van der Waals surface area contributed by atoms with Crippen molar-refractivity contribution in [2.75, 3.05) is 44.7 Å². The first-order valence-corrected chi connectivity index (χ1v) is 11.2. The molecule has 6 heteroatoms. The van der Waals surface area contributed by atoms with Crippen LogP contribution >= 0.6 is 0 Å². The zero-order chi connectivity index (χ0) is 22.8. The third-order valence-electron chi connectivity index (χ3n) is 6.03. The number of amides is 2. The number of nitrogens with zero attached hydrogens (tertiary/aromatic N) is 3. The van der Waals surface area contributed by atoms with Crippen molar-refractivity contribution in [3.05, 3.63) is 65.4 Å². The fourth-order valence-electron chi connectivity index (χ4n) is 4.42. The molecular formula is C26H31N3O3. The van der Waals surface area contributed by atoms with E-state index in [2.05, 4.69) is 41.0 Å². The summed E-state index contributed by atoms with van der Waals surface area (Å²) < 4.78 is 5.26. The molecule has 0 unspecified atom stereocenters. The number of ether oxygens (including phenoxy) is 1. The fourth-order valence-corrected chi connectivity index (χ4v) is 4.42. The number of hydrogen-bond acceptors (Lipinski definition) is 5. The normalized spacial score (nSPS) is 17.1. The van der Waals surface area contributed by atoms with E-state index in [0.29, 0.717) is 30.9 Å². The molecule has 2 aliphatic rings. The maximum Gasteiger partial charge on any atom is 0.277 e. The number of piperazine rings is 1. The predicted octanol–water partition coefficient (Wildman–Crippen LogP) is 3.56. The average molecular weight is 434 g/mol. The van der Waals surface area contributed by atoms with Gasteiger partial charge in [-0.15, -0.1) is 0 Å². The number of carbonyl (C=O) groups is 2. The molecular weight excluding hydrogens is 402 g/mol. The van der Waals surface area contributed by atoms with Crippen LogP contribution in [0, 0.1) is 12.8 Å². The molecule has 0 saturated carbocycles. The smallest absolute Gasteiger partial charge is 0.277 e. The second-order valence-corrected chi connectivity index (χ2v) is 8.88. The van der Waals surface area contributed by atoms with Crippen molar-refractivity contribution in [3.63, 3.8) is 0 Å². The number of carbonyl (C=O) groups excluding carboxylic acids is 2. The third kappa shape index (κ3) is 4.22. The second-order valence-electron chi connectivity index (χ2n) is 8.88. The highest BCUT2D eigenvalue weighted by molar-refractivity contribution is 6.35. The minimum absolute atomic E-state index is 0.182. The number of methoxy groups -OCH3 is 1. The fraction of sp³-hybridized carbons (Fsp3) is 0.385. The Labute approximate surface area is 190 Å². The Morgan fingerprint density at radius 1 is 0.906 bits per heavy atom. The van der Waals surface area contributed by atoms with E-state index < -0.39 is 0 Å². The van der Waals surface area contributed by atoms with Gasteiger partial charge in [0, 0.05) is 38.4 Å². The van der Waals surface area contributed by atoms with Gasteiger partial charge in [0.1, 0.15) is 11.4 Å². The van der Waals surface area contributed by atoms with E-state index in [1.807, 2.05) is 38.1 Å². The highest BCUT2D eigenvalue weighted by Crippen LogP contribution is 2.34. The Bertz CT molecular complexity index is 1030. The molecule has 2 aliphatic heterocycles. The molecule has 32 heavy (non-hydrogen) atoms. The van der Waals surface area contributed by atoms with Gasteiger partial charge in [0.15, 0.2) is 0 Å². The van der Waals surface area contributed by atoms with E-state index >= 15 is 0 Å². The van der Waals surface area contributed by atoms with E-state index in [1.54, 1.807) is 7.11 Å². The van der Waals surface area contributed by atoms with E-state index in [9.17, 15) is 9.59 Å². The third-order valence-corrected chi connectivity index (χ3v) is 6.03. The minimum Gasteiger partial charge on any atom is -0.497 e. The quantitative estimate of drug-likeness (QED) is 0.652. The van der Waals surface area contributed by atoms with Crippen LogP contribution in [0.2, 0.25) is 0 Å². The summed E-state index contributed by atoms with van der Waals surface area (Å²) >= 11 is 0. The highest BCUT2D eigenvalue weighted by atomic mass is 16.5. The summed E-state index contributed by atoms with van der Waals surface area (Å²) in [4.78, 5) is 32.6. The largest absolute Gasteiger partial charge is 0.497 e. The van der Waals surface area contributed by atoms with Crippen LogP contribution in [0.5, 0.6) is 5.75 Å². The van der Waals surface area contributed by atoms with Crippen LogP contribution in [0.4, 0.5) is 5.69 Å². The molecule has 4 rings (SSSR count). The van der Waals surface area contributed by atoms with Crippen molar-refractivity contribution in [2.24, 2.45) is 5.92 Å². The van der Waals surface area contributed by atoms with Crippen molar-refractivity contribution in [3.8, 4) is 5.75 Å². The van der Waals surface area contributed by atoms with Crippen LogP contribution in [0.25, 0.3) is 5.57 Å². The first-order valence-electron chi connectivity index (χ1n) is 11.2. The molecule has 6 nitrogen and oxygen atoms in total. The van der Waals surface area contributed by atoms with Crippen LogP contribution in [0.1, 0.15) is 25.0 Å². The van der Waals surface area contributed by atoms with Crippen LogP contribution in [0.3, 0.4) is 0 Å². The van der Waals surface area contributed by atoms with Crippen molar-refractivity contribution >= 4 is 23.1 Å². The Morgan fingerprint density at radius 2 is 1.56 bits per heavy atom. The molecule has 2 aromatic carbocycles. The zero-order valence-corrected chi connectivity index (χ0v) is 19.3. The molecule has 2 aromatic rings. The lowest BCUT2D eigenvalue weighted by Crippen LogP contribution is -2.47. The molecule has 0 aliphatic carbocycles. The summed E-state index contributed by atoms with van der Waals surface area (Å²) in [6.45, 7) is 9.54. The Hall–Kier alpha value is -3.28. The molecule has 0 aromatic heterocycles. The molecule has 2 amide bonds. The van der Waals surface area contributed by atoms with Gasteiger partial charge in [0.25, 0.3) is 11.8 Å². The van der Waals surface area contributed by atoms with Gasteiger partial charge in [-0.25, -0.2) is 0 Å². The topological polar surface area (TPSA) is 53.1 Å². The SMILES string of the molecule is COc1ccc(C2=C(N3CCN(c4cccc(C)c4)CC3)C(=O)N(CC(C)C)C2=O)cc1. The van der Waals surface area contributed by atoms with Crippen LogP contribution in [-0.4, -0.2) is 61.4 Å². The molecule has 0 spiro atoms. The lowest BCUT2D eigenvalue weighted by atomic mass is 10.0. The molecule has 0 radical (unpaired) electrons. The molecule has 0 bridgehead atoms. The molecule has 0 atom stereocenters. The van der Waals surface area contributed by atoms with Gasteiger partial charge in [-0.1, -0.05) is 38.1 Å². The number of imide groups is 1. The lowest BCUT2D eigenvalue weighted by molar-refractivity contribution is -0.138. The van der Waals surface area contributed by atoms with Gasteiger partial charge in [0.05, 0.1) is 12.7 Å². The Balaban J connectivity index is 1.63. The number of aryl methyl sites for hydroxylation is 1. The van der Waals surface area contributed by atoms with Gasteiger partial charge in [-0.05, 0) is 48.2 Å². The van der Waals surface area contributed by atoms with E-state index in [4.69, 9.17) is 4.74 Å². The maximum absolute atomic E-state index is 13.4. The summed E-state index contributed by atoms with van der Waals surface area (Å²) in [5, 5.41) is 0. The highest BCUT2D eigenvalue weighted by Gasteiger charge is 2.42. The van der Waals surface area contributed by atoms with Crippen LogP contribution in [-0.2, 0) is 9.59 Å². The summed E-state index contributed by atoms with van der Waals surface area (Å²) in [7, 11) is 1.61. The molecule has 2 heterocycles. The molecule has 1 fully saturated rings. The van der Waals surface area contributed by atoms with Gasteiger partial charge in [-0.2, -0.15) is 0 Å². The summed E-state index contributed by atoms with van der Waals surface area (Å²) in [6, 6.07) is 15.9. The minimum atomic E-state index is -0.204. The van der Waals surface area contributed by atoms with E-state index in [1.165, 1.54) is 16.2 Å². The van der Waals surface area contributed by atoms with Gasteiger partial charge in [-0.3, -0.25) is 14.5 Å². The van der Waals surface area contributed by atoms with Crippen molar-refractivity contribution in [2.45, 2.75) is 20.8 Å². The summed E-state index contributed by atoms with van der Waals surface area (Å²) in [5.74, 6) is 0.541. The zero-order valence-electron chi connectivity index (χ0n) is 19.3. The summed E-state index contributed by atoms with van der Waals surface area (Å²) in [5.41, 5.74) is 4.22. The van der Waals surface area contributed by atoms with Crippen LogP contribution < -0.4 is 9.64 Å². The first-order chi connectivity index (χ1) is 15.4. The Morgan fingerprint density at radius 3 is 2.16 bits per heavy atom. The van der Waals surface area contributed by atoms with E-state index in [-0.39, 0.29) is 17.7 Å². The van der Waals surface area contributed by atoms with Crippen molar-refractivity contribution in [1.29, 1.82) is 0 Å². The standard InChI is InChI=1S/C26H31N3O3/c1-18(2)17-29-25(30)23(20-8-10-22(32-4)11-9-20)24(26(29)31)28-14-12-27(13-15-28)21-7-5-6-19(3)16-21/h5-11,16,18H,12-15,17H2,1-4H3. The van der Waals surface area contributed by atoms with Gasteiger partial charge in [0.2, 0.25) is 0 Å². The second kappa shape index (κ2) is 9.07. The van der Waals surface area contributed by atoms with Crippen molar-refractivity contribution in [1.82, 2.24) is 9.80 Å².